The lowest BCUT2D eigenvalue weighted by atomic mass is 9.49. The highest BCUT2D eigenvalue weighted by molar-refractivity contribution is 6.04. The SMILES string of the molecule is COc1cc(OC2C(C)(C)C(NC(=O)c3ccc(N4CCC(CN5CCN(c6ccc(F)c(C(=O)N[C@H]7CCC(=O)NC7=O)c6)CC5)CC4)cc3)C2(C)C)ccc1C#N. The van der Waals surface area contributed by atoms with Gasteiger partial charge in [-0.25, -0.2) is 4.39 Å². The summed E-state index contributed by atoms with van der Waals surface area (Å²) < 4.78 is 26.5. The minimum absolute atomic E-state index is 0.116. The number of ether oxygens (including phenoxy) is 2. The molecule has 1 atom stereocenters. The van der Waals surface area contributed by atoms with E-state index in [1.807, 2.05) is 24.3 Å². The summed E-state index contributed by atoms with van der Waals surface area (Å²) >= 11 is 0. The van der Waals surface area contributed by atoms with Crippen molar-refractivity contribution in [2.45, 2.75) is 71.6 Å². The van der Waals surface area contributed by atoms with Crippen LogP contribution in [0.4, 0.5) is 15.8 Å². The fraction of sp³-hybridized carbons (Fsp3) is 0.489. The molecule has 0 aromatic heterocycles. The molecule has 0 radical (unpaired) electrons. The van der Waals surface area contributed by atoms with Gasteiger partial charge < -0.3 is 29.9 Å². The van der Waals surface area contributed by atoms with Gasteiger partial charge in [0, 0.05) is 92.1 Å². The number of amides is 4. The van der Waals surface area contributed by atoms with E-state index in [1.54, 1.807) is 30.3 Å². The topological polar surface area (TPSA) is 156 Å². The van der Waals surface area contributed by atoms with Crippen LogP contribution in [-0.4, -0.2) is 99.6 Å². The first kappa shape index (κ1) is 41.5. The number of hydrogen-bond acceptors (Lipinski definition) is 10. The average Bonchev–Trinajstić information content (AvgIpc) is 3.23. The Labute approximate surface area is 345 Å². The zero-order valence-electron chi connectivity index (χ0n) is 34.5. The minimum Gasteiger partial charge on any atom is -0.495 e. The third kappa shape index (κ3) is 8.71. The van der Waals surface area contributed by atoms with E-state index >= 15 is 0 Å². The molecule has 3 aromatic rings. The van der Waals surface area contributed by atoms with Crippen LogP contribution in [0.3, 0.4) is 0 Å². The van der Waals surface area contributed by atoms with Crippen molar-refractivity contribution in [1.82, 2.24) is 20.9 Å². The Morgan fingerprint density at radius 1 is 0.847 bits per heavy atom. The largest absolute Gasteiger partial charge is 0.495 e. The number of halogens is 1. The summed E-state index contributed by atoms with van der Waals surface area (Å²) in [6.07, 6.45) is 2.26. The third-order valence-corrected chi connectivity index (χ3v) is 12.8. The summed E-state index contributed by atoms with van der Waals surface area (Å²) in [6.45, 7) is 14.5. The van der Waals surface area contributed by atoms with Gasteiger partial charge in [0.05, 0.1) is 18.2 Å². The maximum absolute atomic E-state index is 14.7. The lowest BCUT2D eigenvalue weighted by Gasteiger charge is -2.63. The van der Waals surface area contributed by atoms with Gasteiger partial charge in [-0.3, -0.25) is 29.4 Å². The molecule has 0 bridgehead atoms. The number of imide groups is 1. The maximum atomic E-state index is 14.7. The first-order valence-electron chi connectivity index (χ1n) is 20.5. The highest BCUT2D eigenvalue weighted by atomic mass is 19.1. The second-order valence-electron chi connectivity index (χ2n) is 17.4. The molecule has 14 heteroatoms. The Morgan fingerprint density at radius 2 is 1.51 bits per heavy atom. The number of anilines is 2. The molecule has 3 aliphatic heterocycles. The molecule has 3 heterocycles. The molecule has 3 aromatic carbocycles. The number of hydrogen-bond donors (Lipinski definition) is 3. The lowest BCUT2D eigenvalue weighted by Crippen LogP contribution is -2.74. The summed E-state index contributed by atoms with van der Waals surface area (Å²) in [7, 11) is 1.53. The molecule has 1 saturated carbocycles. The van der Waals surface area contributed by atoms with Crippen molar-refractivity contribution >= 4 is 35.0 Å². The minimum atomic E-state index is -0.873. The van der Waals surface area contributed by atoms with Crippen LogP contribution < -0.4 is 35.2 Å². The molecule has 59 heavy (non-hydrogen) atoms. The zero-order chi connectivity index (χ0) is 42.1. The van der Waals surface area contributed by atoms with E-state index < -0.39 is 23.7 Å². The number of rotatable bonds is 11. The predicted octanol–water partition coefficient (Wildman–Crippen LogP) is 4.89. The van der Waals surface area contributed by atoms with E-state index in [1.165, 1.54) is 13.2 Å². The van der Waals surface area contributed by atoms with Gasteiger partial charge in [-0.05, 0) is 79.8 Å². The Balaban J connectivity index is 0.855. The number of nitrogens with zero attached hydrogens (tertiary/aromatic N) is 4. The first-order chi connectivity index (χ1) is 28.2. The van der Waals surface area contributed by atoms with E-state index in [4.69, 9.17) is 9.47 Å². The highest BCUT2D eigenvalue weighted by Crippen LogP contribution is 2.55. The first-order valence-corrected chi connectivity index (χ1v) is 20.5. The Bertz CT molecular complexity index is 2100. The van der Waals surface area contributed by atoms with Crippen LogP contribution in [0.25, 0.3) is 0 Å². The van der Waals surface area contributed by atoms with Gasteiger partial charge in [-0.15, -0.1) is 0 Å². The number of methoxy groups -OCH3 is 1. The molecule has 4 aliphatic rings. The number of piperidine rings is 2. The Kier molecular flexibility index (Phi) is 11.9. The zero-order valence-corrected chi connectivity index (χ0v) is 34.5. The van der Waals surface area contributed by atoms with Crippen molar-refractivity contribution < 1.29 is 33.0 Å². The summed E-state index contributed by atoms with van der Waals surface area (Å²) in [4.78, 5) is 57.0. The quantitative estimate of drug-likeness (QED) is 0.228. The lowest BCUT2D eigenvalue weighted by molar-refractivity contribution is -0.164. The van der Waals surface area contributed by atoms with Gasteiger partial charge in [0.1, 0.15) is 35.5 Å². The van der Waals surface area contributed by atoms with Crippen LogP contribution in [0.1, 0.15) is 79.7 Å². The van der Waals surface area contributed by atoms with Gasteiger partial charge in [0.25, 0.3) is 11.8 Å². The van der Waals surface area contributed by atoms with Crippen LogP contribution in [0.15, 0.2) is 60.7 Å². The van der Waals surface area contributed by atoms with Crippen molar-refractivity contribution in [3.8, 4) is 17.6 Å². The second-order valence-corrected chi connectivity index (χ2v) is 17.4. The standard InChI is InChI=1S/C45H54FN7O6/c1-44(2)42(45(3,4)43(44)59-33-12-8-30(26-47)37(25-33)58-5)50-39(55)29-6-9-31(10-7-29)52-18-16-28(17-19-52)27-51-20-22-53(23-21-51)32-11-13-35(46)34(24-32)40(56)48-36-14-15-38(54)49-41(36)57/h6-13,24-25,28,36,42-43H,14-23,27H2,1-5H3,(H,48,56)(H,50,55)(H,49,54,57)/t36-,42?,43?/m0/s1. The maximum Gasteiger partial charge on any atom is 0.254 e. The fourth-order valence-corrected chi connectivity index (χ4v) is 9.69. The molecular weight excluding hydrogens is 754 g/mol. The van der Waals surface area contributed by atoms with Crippen molar-refractivity contribution in [3.05, 3.63) is 83.2 Å². The van der Waals surface area contributed by atoms with Gasteiger partial charge in [0.2, 0.25) is 11.8 Å². The van der Waals surface area contributed by atoms with Crippen LogP contribution in [-0.2, 0) is 9.59 Å². The molecular formula is C45H54FN7O6. The van der Waals surface area contributed by atoms with E-state index in [-0.39, 0.29) is 53.2 Å². The smallest absolute Gasteiger partial charge is 0.254 e. The summed E-state index contributed by atoms with van der Waals surface area (Å²) in [5.74, 6) is -0.755. The number of nitrogens with one attached hydrogen (secondary N) is 3. The predicted molar refractivity (Wildman–Crippen MR) is 221 cm³/mol. The Morgan fingerprint density at radius 3 is 2.15 bits per heavy atom. The van der Waals surface area contributed by atoms with Crippen molar-refractivity contribution in [1.29, 1.82) is 5.26 Å². The number of benzene rings is 3. The molecule has 0 spiro atoms. The second kappa shape index (κ2) is 16.9. The Hall–Kier alpha value is -5.68. The molecule has 13 nitrogen and oxygen atoms in total. The number of carbonyl (C=O) groups is 4. The van der Waals surface area contributed by atoms with Gasteiger partial charge in [-0.1, -0.05) is 27.7 Å². The van der Waals surface area contributed by atoms with Crippen molar-refractivity contribution in [2.75, 3.05) is 62.7 Å². The third-order valence-electron chi connectivity index (χ3n) is 12.8. The van der Waals surface area contributed by atoms with E-state index in [2.05, 4.69) is 64.4 Å². The average molecular weight is 808 g/mol. The molecule has 4 fully saturated rings. The number of piperazine rings is 1. The van der Waals surface area contributed by atoms with E-state index in [0.29, 0.717) is 28.5 Å². The van der Waals surface area contributed by atoms with E-state index in [0.717, 1.165) is 70.0 Å². The number of carbonyl (C=O) groups excluding carboxylic acids is 4. The monoisotopic (exact) mass is 807 g/mol. The fourth-order valence-electron chi connectivity index (χ4n) is 9.69. The molecule has 7 rings (SSSR count). The molecule has 4 amide bonds. The van der Waals surface area contributed by atoms with E-state index in [9.17, 15) is 28.8 Å². The molecule has 3 saturated heterocycles. The van der Waals surface area contributed by atoms with Crippen molar-refractivity contribution in [3.63, 3.8) is 0 Å². The van der Waals surface area contributed by atoms with Crippen LogP contribution in [0.2, 0.25) is 0 Å². The van der Waals surface area contributed by atoms with Gasteiger partial charge in [-0.2, -0.15) is 5.26 Å². The molecule has 1 aliphatic carbocycles. The van der Waals surface area contributed by atoms with Crippen molar-refractivity contribution in [2.24, 2.45) is 16.7 Å². The molecule has 312 valence electrons. The molecule has 3 N–H and O–H groups in total. The van der Waals surface area contributed by atoms with Gasteiger partial charge in [0.15, 0.2) is 0 Å². The van der Waals surface area contributed by atoms with Gasteiger partial charge >= 0.3 is 0 Å². The summed E-state index contributed by atoms with van der Waals surface area (Å²) in [6, 6.07) is 18.7. The van der Waals surface area contributed by atoms with Crippen LogP contribution >= 0.6 is 0 Å². The highest BCUT2D eigenvalue weighted by Gasteiger charge is 2.64. The van der Waals surface area contributed by atoms with Crippen LogP contribution in [0.5, 0.6) is 11.5 Å². The number of nitriles is 1. The molecule has 0 unspecified atom stereocenters. The summed E-state index contributed by atoms with van der Waals surface area (Å²) in [5, 5.41) is 17.4. The normalized spacial score (nSPS) is 23.0. The van der Waals surface area contributed by atoms with Crippen LogP contribution in [0, 0.1) is 33.9 Å². The summed E-state index contributed by atoms with van der Waals surface area (Å²) in [5.41, 5.74) is 2.09.